The molecule has 1 N–H and O–H groups in total. The summed E-state index contributed by atoms with van der Waals surface area (Å²) in [6.07, 6.45) is 0. The van der Waals surface area contributed by atoms with Gasteiger partial charge in [-0.1, -0.05) is 41.9 Å². The van der Waals surface area contributed by atoms with E-state index in [9.17, 15) is 14.4 Å². The van der Waals surface area contributed by atoms with Gasteiger partial charge in [-0.25, -0.2) is 4.79 Å². The lowest BCUT2D eigenvalue weighted by molar-refractivity contribution is -0.116. The fourth-order valence-corrected chi connectivity index (χ4v) is 3.81. The molecule has 168 valence electrons. The van der Waals surface area contributed by atoms with Gasteiger partial charge in [0.05, 0.1) is 30.2 Å². The zero-order chi connectivity index (χ0) is 23.5. The summed E-state index contributed by atoms with van der Waals surface area (Å²) in [7, 11) is 1.52. The lowest BCUT2D eigenvalue weighted by Gasteiger charge is -2.15. The summed E-state index contributed by atoms with van der Waals surface area (Å²) >= 11 is 5.95. The standard InChI is InChI=1S/C25H22ClN3O4/c1-16-7-12-22(33-2)20(13-16)27-23(30)15-28-21-6-4-3-5-19(21)24(31)29(25(28)32)14-17-8-10-18(26)11-9-17/h3-13H,14-15H2,1-2H3,(H,27,30). The van der Waals surface area contributed by atoms with Crippen LogP contribution < -0.4 is 21.3 Å². The van der Waals surface area contributed by atoms with E-state index in [-0.39, 0.29) is 13.1 Å². The molecule has 1 aromatic heterocycles. The first-order chi connectivity index (χ1) is 15.9. The molecule has 0 bridgehead atoms. The SMILES string of the molecule is COc1ccc(C)cc1NC(=O)Cn1c(=O)n(Cc2ccc(Cl)cc2)c(=O)c2ccccc21. The van der Waals surface area contributed by atoms with Crippen LogP contribution in [0.1, 0.15) is 11.1 Å². The molecule has 0 saturated carbocycles. The first kappa shape index (κ1) is 22.4. The highest BCUT2D eigenvalue weighted by atomic mass is 35.5. The maximum absolute atomic E-state index is 13.3. The molecule has 1 heterocycles. The van der Waals surface area contributed by atoms with Gasteiger partial charge in [0, 0.05) is 5.02 Å². The number of nitrogens with one attached hydrogen (secondary N) is 1. The molecule has 0 spiro atoms. The predicted molar refractivity (Wildman–Crippen MR) is 129 cm³/mol. The smallest absolute Gasteiger partial charge is 0.332 e. The monoisotopic (exact) mass is 463 g/mol. The van der Waals surface area contributed by atoms with E-state index in [1.807, 2.05) is 13.0 Å². The second kappa shape index (κ2) is 9.34. The largest absolute Gasteiger partial charge is 0.495 e. The Morgan fingerprint density at radius 3 is 2.45 bits per heavy atom. The van der Waals surface area contributed by atoms with Crippen molar-refractivity contribution in [2.75, 3.05) is 12.4 Å². The minimum atomic E-state index is -0.569. The molecule has 0 atom stereocenters. The number of halogens is 1. The lowest BCUT2D eigenvalue weighted by atomic mass is 10.2. The van der Waals surface area contributed by atoms with Crippen molar-refractivity contribution in [1.29, 1.82) is 0 Å². The Morgan fingerprint density at radius 2 is 1.73 bits per heavy atom. The minimum absolute atomic E-state index is 0.0625. The number of fused-ring (bicyclic) bond motifs is 1. The van der Waals surface area contributed by atoms with Crippen LogP contribution in [0.3, 0.4) is 0 Å². The molecule has 0 fully saturated rings. The molecule has 0 aliphatic rings. The second-order valence-corrected chi connectivity index (χ2v) is 8.09. The maximum atomic E-state index is 13.3. The van der Waals surface area contributed by atoms with Gasteiger partial charge in [0.2, 0.25) is 5.91 Å². The Kier molecular flexibility index (Phi) is 6.33. The average molecular weight is 464 g/mol. The van der Waals surface area contributed by atoms with Crippen LogP contribution in [0, 0.1) is 6.92 Å². The summed E-state index contributed by atoms with van der Waals surface area (Å²) in [5.74, 6) is 0.0988. The van der Waals surface area contributed by atoms with Gasteiger partial charge >= 0.3 is 5.69 Å². The third kappa shape index (κ3) is 4.68. The van der Waals surface area contributed by atoms with Crippen molar-refractivity contribution in [3.8, 4) is 5.75 Å². The number of ether oxygens (including phenoxy) is 1. The highest BCUT2D eigenvalue weighted by Gasteiger charge is 2.16. The number of amides is 1. The van der Waals surface area contributed by atoms with Gasteiger partial charge in [-0.05, 0) is 54.4 Å². The van der Waals surface area contributed by atoms with Gasteiger partial charge < -0.3 is 10.1 Å². The summed E-state index contributed by atoms with van der Waals surface area (Å²) in [6.45, 7) is 1.70. The number of anilines is 1. The number of aryl methyl sites for hydroxylation is 1. The summed E-state index contributed by atoms with van der Waals surface area (Å²) < 4.78 is 7.76. The minimum Gasteiger partial charge on any atom is -0.495 e. The van der Waals surface area contributed by atoms with Crippen LogP contribution in [0.15, 0.2) is 76.3 Å². The van der Waals surface area contributed by atoms with Crippen LogP contribution in [-0.4, -0.2) is 22.2 Å². The molecule has 0 radical (unpaired) electrons. The van der Waals surface area contributed by atoms with E-state index < -0.39 is 17.2 Å². The molecule has 33 heavy (non-hydrogen) atoms. The first-order valence-corrected chi connectivity index (χ1v) is 10.7. The fourth-order valence-electron chi connectivity index (χ4n) is 3.69. The number of benzene rings is 3. The molecular formula is C25H22ClN3O4. The van der Waals surface area contributed by atoms with Crippen LogP contribution in [-0.2, 0) is 17.9 Å². The number of para-hydroxylation sites is 1. The van der Waals surface area contributed by atoms with Gasteiger partial charge in [-0.3, -0.25) is 18.7 Å². The van der Waals surface area contributed by atoms with Crippen molar-refractivity contribution in [3.05, 3.63) is 104 Å². The zero-order valence-corrected chi connectivity index (χ0v) is 18.9. The number of methoxy groups -OCH3 is 1. The van der Waals surface area contributed by atoms with Gasteiger partial charge in [0.25, 0.3) is 5.56 Å². The van der Waals surface area contributed by atoms with Gasteiger partial charge in [0.1, 0.15) is 12.3 Å². The molecule has 0 aliphatic heterocycles. The molecule has 0 unspecified atom stereocenters. The van der Waals surface area contributed by atoms with E-state index in [2.05, 4.69) is 5.32 Å². The Labute approximate surface area is 194 Å². The number of rotatable bonds is 6. The number of nitrogens with zero attached hydrogens (tertiary/aromatic N) is 2. The summed E-state index contributed by atoms with van der Waals surface area (Å²) in [5.41, 5.74) is 1.61. The van der Waals surface area contributed by atoms with E-state index in [0.29, 0.717) is 27.4 Å². The lowest BCUT2D eigenvalue weighted by Crippen LogP contribution is -2.42. The molecule has 7 nitrogen and oxygen atoms in total. The number of aromatic nitrogens is 2. The van der Waals surface area contributed by atoms with E-state index in [4.69, 9.17) is 16.3 Å². The van der Waals surface area contributed by atoms with Crippen molar-refractivity contribution >= 4 is 34.1 Å². The summed E-state index contributed by atoms with van der Waals surface area (Å²) in [5, 5.41) is 3.72. The number of hydrogen-bond donors (Lipinski definition) is 1. The van der Waals surface area contributed by atoms with E-state index in [1.54, 1.807) is 60.7 Å². The Morgan fingerprint density at radius 1 is 1.00 bits per heavy atom. The van der Waals surface area contributed by atoms with E-state index in [1.165, 1.54) is 11.7 Å². The van der Waals surface area contributed by atoms with Crippen LogP contribution in [0.2, 0.25) is 5.02 Å². The molecule has 1 amide bonds. The van der Waals surface area contributed by atoms with E-state index >= 15 is 0 Å². The van der Waals surface area contributed by atoms with Crippen LogP contribution in [0.25, 0.3) is 10.9 Å². The van der Waals surface area contributed by atoms with Gasteiger partial charge in [-0.2, -0.15) is 0 Å². The summed E-state index contributed by atoms with van der Waals surface area (Å²) in [6, 6.07) is 19.1. The number of carbonyl (C=O) groups is 1. The topological polar surface area (TPSA) is 82.3 Å². The molecular weight excluding hydrogens is 442 g/mol. The molecule has 0 aliphatic carbocycles. The first-order valence-electron chi connectivity index (χ1n) is 10.3. The van der Waals surface area contributed by atoms with Crippen molar-refractivity contribution in [2.45, 2.75) is 20.0 Å². The van der Waals surface area contributed by atoms with Gasteiger partial charge in [0.15, 0.2) is 0 Å². The molecule has 0 saturated heterocycles. The zero-order valence-electron chi connectivity index (χ0n) is 18.2. The highest BCUT2D eigenvalue weighted by Crippen LogP contribution is 2.25. The fraction of sp³-hybridized carbons (Fsp3) is 0.160. The number of hydrogen-bond acceptors (Lipinski definition) is 4. The Hall–Kier alpha value is -3.84. The van der Waals surface area contributed by atoms with Crippen molar-refractivity contribution in [2.24, 2.45) is 0 Å². The van der Waals surface area contributed by atoms with Gasteiger partial charge in [-0.15, -0.1) is 0 Å². The maximum Gasteiger partial charge on any atom is 0.332 e. The van der Waals surface area contributed by atoms with Crippen LogP contribution in [0.4, 0.5) is 5.69 Å². The van der Waals surface area contributed by atoms with Crippen LogP contribution >= 0.6 is 11.6 Å². The second-order valence-electron chi connectivity index (χ2n) is 7.66. The predicted octanol–water partition coefficient (Wildman–Crippen LogP) is 3.82. The molecule has 4 aromatic rings. The highest BCUT2D eigenvalue weighted by molar-refractivity contribution is 6.30. The van der Waals surface area contributed by atoms with Crippen LogP contribution in [0.5, 0.6) is 5.75 Å². The quantitative estimate of drug-likeness (QED) is 0.471. The van der Waals surface area contributed by atoms with E-state index in [0.717, 1.165) is 15.7 Å². The third-order valence-electron chi connectivity index (χ3n) is 5.32. The Bertz CT molecular complexity index is 1460. The van der Waals surface area contributed by atoms with Crippen molar-refractivity contribution in [3.63, 3.8) is 0 Å². The third-order valence-corrected chi connectivity index (χ3v) is 5.57. The summed E-state index contributed by atoms with van der Waals surface area (Å²) in [4.78, 5) is 39.3. The average Bonchev–Trinajstić information content (AvgIpc) is 2.81. The van der Waals surface area contributed by atoms with Crippen molar-refractivity contribution < 1.29 is 9.53 Å². The van der Waals surface area contributed by atoms with Crippen molar-refractivity contribution in [1.82, 2.24) is 9.13 Å². The molecule has 3 aromatic carbocycles. The normalized spacial score (nSPS) is 10.9. The molecule has 8 heteroatoms. The number of carbonyl (C=O) groups excluding carboxylic acids is 1. The molecule has 4 rings (SSSR count). The Balaban J connectivity index is 1.75.